The third-order valence-electron chi connectivity index (χ3n) is 2.77. The van der Waals surface area contributed by atoms with Crippen LogP contribution in [0.15, 0.2) is 17.3 Å². The minimum atomic E-state index is -4.50. The van der Waals surface area contributed by atoms with Gasteiger partial charge in [0, 0.05) is 25.3 Å². The molecule has 1 aromatic carbocycles. The molecule has 0 fully saturated rings. The first kappa shape index (κ1) is 15.4. The number of nitroso groups, excluding NO2 is 1. The molecule has 9 heteroatoms. The van der Waals surface area contributed by atoms with E-state index in [0.29, 0.717) is 5.69 Å². The molecule has 18 heavy (non-hydrogen) atoms. The summed E-state index contributed by atoms with van der Waals surface area (Å²) in [6.07, 6.45) is 0. The second kappa shape index (κ2) is 5.14. The summed E-state index contributed by atoms with van der Waals surface area (Å²) in [5.74, 6) is -0.338. The summed E-state index contributed by atoms with van der Waals surface area (Å²) in [6, 6.07) is 2.37. The zero-order chi connectivity index (χ0) is 12.8. The smallest absolute Gasteiger partial charge is 0.747 e. The minimum Gasteiger partial charge on any atom is -0.747 e. The number of hydrogen-bond donors (Lipinski definition) is 1. The summed E-state index contributed by atoms with van der Waals surface area (Å²) in [5, 5.41) is 10.8. The van der Waals surface area contributed by atoms with E-state index in [-0.39, 0.29) is 53.1 Å². The van der Waals surface area contributed by atoms with E-state index in [1.807, 2.05) is 0 Å². The SMILES string of the molecule is CN1CC(S(=O)(=O)[O-])c2cc(N=O)c(O)cc21.[Na+]. The number of nitrogens with zero attached hydrogens (tertiary/aromatic N) is 2. The van der Waals surface area contributed by atoms with Crippen LogP contribution in [0, 0.1) is 4.91 Å². The Morgan fingerprint density at radius 1 is 1.50 bits per heavy atom. The van der Waals surface area contributed by atoms with E-state index in [1.165, 1.54) is 11.0 Å². The Morgan fingerprint density at radius 3 is 2.61 bits per heavy atom. The van der Waals surface area contributed by atoms with Gasteiger partial charge in [-0.25, -0.2) is 8.42 Å². The van der Waals surface area contributed by atoms with Gasteiger partial charge >= 0.3 is 29.6 Å². The monoisotopic (exact) mass is 280 g/mol. The first-order chi connectivity index (χ1) is 7.84. The van der Waals surface area contributed by atoms with Crippen molar-refractivity contribution in [2.24, 2.45) is 5.18 Å². The van der Waals surface area contributed by atoms with Crippen LogP contribution in [0.2, 0.25) is 0 Å². The van der Waals surface area contributed by atoms with Gasteiger partial charge in [-0.15, -0.1) is 4.91 Å². The standard InChI is InChI=1S/C9H10N2O5S.Na/c1-11-4-9(17(14,15)16)5-2-6(10-13)8(12)3-7(5)11;/h2-3,9,12H,4H2,1H3,(H,14,15,16);/q;+1/p-1. The molecule has 0 spiro atoms. The van der Waals surface area contributed by atoms with Crippen molar-refractivity contribution in [1.82, 2.24) is 0 Å². The zero-order valence-electron chi connectivity index (χ0n) is 9.82. The molecule has 0 bridgehead atoms. The van der Waals surface area contributed by atoms with Gasteiger partial charge in [-0.1, -0.05) is 0 Å². The maximum absolute atomic E-state index is 11.1. The number of rotatable bonds is 2. The molecule has 1 aromatic rings. The van der Waals surface area contributed by atoms with Crippen molar-refractivity contribution in [2.75, 3.05) is 18.5 Å². The third-order valence-corrected chi connectivity index (χ3v) is 3.87. The van der Waals surface area contributed by atoms with E-state index in [0.717, 1.165) is 6.07 Å². The Labute approximate surface area is 126 Å². The molecule has 0 saturated heterocycles. The van der Waals surface area contributed by atoms with Crippen LogP contribution < -0.4 is 34.5 Å². The molecular formula is C9H9N2NaO5S. The molecule has 1 unspecified atom stereocenters. The van der Waals surface area contributed by atoms with Crippen LogP contribution in [0.1, 0.15) is 10.8 Å². The molecule has 1 heterocycles. The average molecular weight is 280 g/mol. The van der Waals surface area contributed by atoms with E-state index in [4.69, 9.17) is 0 Å². The molecule has 0 radical (unpaired) electrons. The third kappa shape index (κ3) is 2.52. The molecule has 0 saturated carbocycles. The number of likely N-dealkylation sites (N-methyl/N-ethyl adjacent to an activating group) is 1. The van der Waals surface area contributed by atoms with Gasteiger partial charge in [0.05, 0.1) is 5.25 Å². The maximum Gasteiger partial charge on any atom is 1.00 e. The average Bonchev–Trinajstić information content (AvgIpc) is 2.54. The van der Waals surface area contributed by atoms with Gasteiger partial charge in [-0.3, -0.25) is 0 Å². The van der Waals surface area contributed by atoms with E-state index in [9.17, 15) is 23.0 Å². The summed E-state index contributed by atoms with van der Waals surface area (Å²) in [5.41, 5.74) is 0.349. The van der Waals surface area contributed by atoms with E-state index < -0.39 is 15.4 Å². The molecule has 1 aliphatic heterocycles. The number of phenolic OH excluding ortho intramolecular Hbond substituents is 1. The summed E-state index contributed by atoms with van der Waals surface area (Å²) in [4.78, 5) is 11.9. The number of anilines is 1. The zero-order valence-corrected chi connectivity index (χ0v) is 12.6. The van der Waals surface area contributed by atoms with Gasteiger partial charge in [-0.05, 0) is 16.8 Å². The molecule has 0 aromatic heterocycles. The molecule has 1 aliphatic rings. The normalized spacial score (nSPS) is 18.1. The van der Waals surface area contributed by atoms with Crippen molar-refractivity contribution in [1.29, 1.82) is 0 Å². The fourth-order valence-electron chi connectivity index (χ4n) is 1.94. The molecular weight excluding hydrogens is 271 g/mol. The van der Waals surface area contributed by atoms with Crippen LogP contribution >= 0.6 is 0 Å². The van der Waals surface area contributed by atoms with Crippen molar-refractivity contribution in [3.63, 3.8) is 0 Å². The number of aromatic hydroxyl groups is 1. The molecule has 0 amide bonds. The largest absolute Gasteiger partial charge is 1.00 e. The maximum atomic E-state index is 11.1. The first-order valence-electron chi connectivity index (χ1n) is 4.70. The van der Waals surface area contributed by atoms with Crippen molar-refractivity contribution in [2.45, 2.75) is 5.25 Å². The van der Waals surface area contributed by atoms with Crippen LogP contribution in [0.3, 0.4) is 0 Å². The topological polar surface area (TPSA) is 110 Å². The van der Waals surface area contributed by atoms with E-state index in [1.54, 1.807) is 7.05 Å². The second-order valence-corrected chi connectivity index (χ2v) is 5.41. The summed E-state index contributed by atoms with van der Waals surface area (Å²) >= 11 is 0. The molecule has 1 atom stereocenters. The van der Waals surface area contributed by atoms with Gasteiger partial charge in [0.25, 0.3) is 0 Å². The van der Waals surface area contributed by atoms with Gasteiger partial charge < -0.3 is 14.6 Å². The number of phenols is 1. The summed E-state index contributed by atoms with van der Waals surface area (Å²) < 4.78 is 33.2. The van der Waals surface area contributed by atoms with Gasteiger partial charge in [-0.2, -0.15) is 0 Å². The molecule has 1 N–H and O–H groups in total. The van der Waals surface area contributed by atoms with Gasteiger partial charge in [0.2, 0.25) is 0 Å². The van der Waals surface area contributed by atoms with Crippen molar-refractivity contribution in [3.8, 4) is 5.75 Å². The van der Waals surface area contributed by atoms with Crippen LogP contribution in [0.4, 0.5) is 11.4 Å². The Balaban J connectivity index is 0.00000162. The summed E-state index contributed by atoms with van der Waals surface area (Å²) in [6.45, 7) is 0.00289. The first-order valence-corrected chi connectivity index (χ1v) is 6.18. The summed E-state index contributed by atoms with van der Waals surface area (Å²) in [7, 11) is -2.91. The fourth-order valence-corrected chi connectivity index (χ4v) is 2.84. The predicted molar refractivity (Wildman–Crippen MR) is 59.3 cm³/mol. The van der Waals surface area contributed by atoms with E-state index in [2.05, 4.69) is 5.18 Å². The molecule has 92 valence electrons. The Kier molecular flexibility index (Phi) is 4.39. The molecule has 7 nitrogen and oxygen atoms in total. The van der Waals surface area contributed by atoms with Crippen molar-refractivity contribution in [3.05, 3.63) is 22.6 Å². The van der Waals surface area contributed by atoms with Gasteiger partial charge in [0.15, 0.2) is 0 Å². The number of benzene rings is 1. The van der Waals surface area contributed by atoms with Crippen LogP contribution in [-0.4, -0.2) is 31.7 Å². The quantitative estimate of drug-likeness (QED) is 0.375. The van der Waals surface area contributed by atoms with E-state index >= 15 is 0 Å². The molecule has 0 aliphatic carbocycles. The van der Waals surface area contributed by atoms with Gasteiger partial charge in [0.1, 0.15) is 21.6 Å². The number of fused-ring (bicyclic) bond motifs is 1. The Morgan fingerprint density at radius 2 is 2.11 bits per heavy atom. The van der Waals surface area contributed by atoms with Crippen LogP contribution in [0.25, 0.3) is 0 Å². The van der Waals surface area contributed by atoms with Crippen LogP contribution in [-0.2, 0) is 10.1 Å². The second-order valence-electron chi connectivity index (χ2n) is 3.85. The minimum absolute atomic E-state index is 0. The van der Waals surface area contributed by atoms with Crippen molar-refractivity contribution < 1.29 is 47.6 Å². The molecule has 2 rings (SSSR count). The Bertz CT molecular complexity index is 589. The number of hydrogen-bond acceptors (Lipinski definition) is 7. The van der Waals surface area contributed by atoms with Crippen LogP contribution in [0.5, 0.6) is 5.75 Å². The van der Waals surface area contributed by atoms with Crippen molar-refractivity contribution >= 4 is 21.5 Å². The fraction of sp³-hybridized carbons (Fsp3) is 0.333. The predicted octanol–water partition coefficient (Wildman–Crippen LogP) is -2.17. The Hall–Kier alpha value is -0.670.